The van der Waals surface area contributed by atoms with Crippen LogP contribution in [0.4, 0.5) is 0 Å². The summed E-state index contributed by atoms with van der Waals surface area (Å²) in [5.74, 6) is -0.489. The second kappa shape index (κ2) is 6.76. The second-order valence-electron chi connectivity index (χ2n) is 7.49. The van der Waals surface area contributed by atoms with Crippen LogP contribution in [0.15, 0.2) is 22.7 Å². The van der Waals surface area contributed by atoms with Crippen LogP contribution in [0.2, 0.25) is 0 Å². The predicted octanol–water partition coefficient (Wildman–Crippen LogP) is 0.760. The summed E-state index contributed by atoms with van der Waals surface area (Å²) in [6.07, 6.45) is 3.54. The Morgan fingerprint density at radius 2 is 2.33 bits per heavy atom. The van der Waals surface area contributed by atoms with Crippen molar-refractivity contribution in [2.75, 3.05) is 33.4 Å². The van der Waals surface area contributed by atoms with Gasteiger partial charge in [0.05, 0.1) is 43.3 Å². The number of ether oxygens (including phenoxy) is 2. The van der Waals surface area contributed by atoms with Crippen molar-refractivity contribution >= 4 is 11.8 Å². The van der Waals surface area contributed by atoms with E-state index in [4.69, 9.17) is 14.0 Å². The third kappa shape index (κ3) is 2.96. The highest BCUT2D eigenvalue weighted by atomic mass is 16.5. The summed E-state index contributed by atoms with van der Waals surface area (Å²) in [4.78, 5) is 29.5. The fraction of sp³-hybridized carbons (Fsp3) is 0.632. The average molecular weight is 375 g/mol. The summed E-state index contributed by atoms with van der Waals surface area (Å²) in [5.41, 5.74) is 0.0877. The molecular weight excluding hydrogens is 350 g/mol. The first kappa shape index (κ1) is 18.2. The molecular formula is C19H25N3O5. The normalized spacial score (nSPS) is 31.0. The molecule has 0 aromatic carbocycles. The molecule has 4 heterocycles. The van der Waals surface area contributed by atoms with Crippen molar-refractivity contribution in [2.24, 2.45) is 11.8 Å². The van der Waals surface area contributed by atoms with Gasteiger partial charge in [-0.1, -0.05) is 17.3 Å². The van der Waals surface area contributed by atoms with Crippen molar-refractivity contribution in [2.45, 2.75) is 32.1 Å². The Bertz CT molecular complexity index is 775. The molecule has 2 fully saturated rings. The van der Waals surface area contributed by atoms with Gasteiger partial charge in [-0.05, 0) is 13.8 Å². The highest BCUT2D eigenvalue weighted by molar-refractivity contribution is 5.93. The van der Waals surface area contributed by atoms with Gasteiger partial charge in [0.25, 0.3) is 0 Å². The third-order valence-corrected chi connectivity index (χ3v) is 5.62. The number of likely N-dealkylation sites (tertiary alicyclic amines) is 1. The van der Waals surface area contributed by atoms with E-state index in [9.17, 15) is 9.59 Å². The van der Waals surface area contributed by atoms with Crippen molar-refractivity contribution in [3.8, 4) is 0 Å². The molecule has 1 aromatic heterocycles. The minimum atomic E-state index is -0.683. The Kier molecular flexibility index (Phi) is 4.55. The number of carbonyl (C=O) groups excluding carboxylic acids is 2. The van der Waals surface area contributed by atoms with E-state index in [2.05, 4.69) is 5.16 Å². The summed E-state index contributed by atoms with van der Waals surface area (Å²) in [6.45, 7) is 6.17. The number of aromatic nitrogens is 1. The zero-order valence-corrected chi connectivity index (χ0v) is 15.9. The van der Waals surface area contributed by atoms with E-state index in [1.165, 1.54) is 0 Å². The lowest BCUT2D eigenvalue weighted by atomic mass is 9.76. The van der Waals surface area contributed by atoms with Crippen LogP contribution in [-0.2, 0) is 25.6 Å². The van der Waals surface area contributed by atoms with Crippen LogP contribution >= 0.6 is 0 Å². The maximum Gasteiger partial charge on any atom is 0.230 e. The van der Waals surface area contributed by atoms with Crippen LogP contribution in [-0.4, -0.2) is 71.8 Å². The van der Waals surface area contributed by atoms with Crippen molar-refractivity contribution in [1.82, 2.24) is 15.0 Å². The van der Waals surface area contributed by atoms with Gasteiger partial charge in [0.1, 0.15) is 5.60 Å². The van der Waals surface area contributed by atoms with Crippen LogP contribution in [0.3, 0.4) is 0 Å². The number of hydrogen-bond donors (Lipinski definition) is 0. The van der Waals surface area contributed by atoms with Crippen molar-refractivity contribution in [1.29, 1.82) is 0 Å². The number of aryl methyl sites for hydroxylation is 1. The molecule has 146 valence electrons. The maximum absolute atomic E-state index is 13.2. The first-order valence-electron chi connectivity index (χ1n) is 9.36. The molecule has 1 spiro atoms. The molecule has 4 rings (SSSR count). The van der Waals surface area contributed by atoms with E-state index in [0.29, 0.717) is 38.6 Å². The molecule has 0 saturated carbocycles. The van der Waals surface area contributed by atoms with Gasteiger partial charge in [0.2, 0.25) is 11.8 Å². The highest BCUT2D eigenvalue weighted by Gasteiger charge is 2.67. The quantitative estimate of drug-likeness (QED) is 0.517. The molecule has 1 aromatic rings. The summed E-state index contributed by atoms with van der Waals surface area (Å²) in [6, 6.07) is 1.80. The molecule has 2 saturated heterocycles. The number of rotatable bonds is 7. The number of amides is 2. The minimum absolute atomic E-state index is 0.0242. The van der Waals surface area contributed by atoms with E-state index in [1.54, 1.807) is 22.9 Å². The summed E-state index contributed by atoms with van der Waals surface area (Å²) >= 11 is 0. The summed E-state index contributed by atoms with van der Waals surface area (Å²) < 4.78 is 16.7. The van der Waals surface area contributed by atoms with Gasteiger partial charge in [-0.25, -0.2) is 0 Å². The van der Waals surface area contributed by atoms with E-state index in [1.807, 2.05) is 26.0 Å². The molecule has 2 amide bonds. The lowest BCUT2D eigenvalue weighted by Crippen LogP contribution is -2.44. The van der Waals surface area contributed by atoms with E-state index in [-0.39, 0.29) is 17.9 Å². The van der Waals surface area contributed by atoms with Gasteiger partial charge in [0, 0.05) is 26.3 Å². The zero-order valence-electron chi connectivity index (χ0n) is 15.9. The van der Waals surface area contributed by atoms with Gasteiger partial charge in [-0.2, -0.15) is 0 Å². The monoisotopic (exact) mass is 375 g/mol. The Balaban J connectivity index is 1.49. The molecule has 0 N–H and O–H groups in total. The standard InChI is InChI=1S/C19H25N3O5/c1-4-25-8-7-22-11-19-6-5-14(26-19)15(16(19)18(22)24)17(23)21(3)10-13-9-12(2)20-27-13/h5-6,9,14-16H,4,7-8,10-11H2,1-3H3/t14-,15+,16+,19-/m0/s1. The Morgan fingerprint density at radius 1 is 1.52 bits per heavy atom. The van der Waals surface area contributed by atoms with Crippen LogP contribution in [0.25, 0.3) is 0 Å². The topological polar surface area (TPSA) is 85.1 Å². The van der Waals surface area contributed by atoms with Crippen molar-refractivity contribution in [3.63, 3.8) is 0 Å². The van der Waals surface area contributed by atoms with Crippen LogP contribution < -0.4 is 0 Å². The fourth-order valence-electron chi connectivity index (χ4n) is 4.43. The van der Waals surface area contributed by atoms with Crippen molar-refractivity contribution in [3.05, 3.63) is 29.7 Å². The predicted molar refractivity (Wildman–Crippen MR) is 94.5 cm³/mol. The smallest absolute Gasteiger partial charge is 0.230 e. The molecule has 27 heavy (non-hydrogen) atoms. The van der Waals surface area contributed by atoms with Crippen LogP contribution in [0, 0.1) is 18.8 Å². The highest BCUT2D eigenvalue weighted by Crippen LogP contribution is 2.52. The van der Waals surface area contributed by atoms with Gasteiger partial charge in [0.15, 0.2) is 5.76 Å². The molecule has 8 nitrogen and oxygen atoms in total. The molecule has 2 bridgehead atoms. The zero-order chi connectivity index (χ0) is 19.2. The fourth-order valence-corrected chi connectivity index (χ4v) is 4.43. The lowest BCUT2D eigenvalue weighted by molar-refractivity contribution is -0.143. The number of carbonyl (C=O) groups is 2. The Morgan fingerprint density at radius 3 is 3.04 bits per heavy atom. The molecule has 8 heteroatoms. The minimum Gasteiger partial charge on any atom is -0.380 e. The van der Waals surface area contributed by atoms with E-state index < -0.39 is 17.4 Å². The van der Waals surface area contributed by atoms with Gasteiger partial charge in [-0.3, -0.25) is 9.59 Å². The number of fused-ring (bicyclic) bond motifs is 1. The molecule has 0 aliphatic carbocycles. The first-order valence-corrected chi connectivity index (χ1v) is 9.36. The largest absolute Gasteiger partial charge is 0.380 e. The molecule has 0 unspecified atom stereocenters. The second-order valence-corrected chi connectivity index (χ2v) is 7.49. The van der Waals surface area contributed by atoms with Crippen LogP contribution in [0.1, 0.15) is 18.4 Å². The summed E-state index contributed by atoms with van der Waals surface area (Å²) in [5, 5.41) is 3.85. The molecule has 3 aliphatic rings. The van der Waals surface area contributed by atoms with E-state index >= 15 is 0 Å². The van der Waals surface area contributed by atoms with Crippen molar-refractivity contribution < 1.29 is 23.6 Å². The Hall–Kier alpha value is -2.19. The third-order valence-electron chi connectivity index (χ3n) is 5.62. The van der Waals surface area contributed by atoms with Gasteiger partial charge >= 0.3 is 0 Å². The molecule has 3 aliphatic heterocycles. The number of nitrogens with zero attached hydrogens (tertiary/aromatic N) is 3. The van der Waals surface area contributed by atoms with Gasteiger partial charge < -0.3 is 23.8 Å². The molecule has 0 radical (unpaired) electrons. The number of hydrogen-bond acceptors (Lipinski definition) is 6. The lowest BCUT2D eigenvalue weighted by Gasteiger charge is -2.27. The van der Waals surface area contributed by atoms with Gasteiger partial charge in [-0.15, -0.1) is 0 Å². The Labute approximate surface area is 158 Å². The van der Waals surface area contributed by atoms with E-state index in [0.717, 1.165) is 5.69 Å². The average Bonchev–Trinajstić information content (AvgIpc) is 3.37. The molecule has 4 atom stereocenters. The summed E-state index contributed by atoms with van der Waals surface area (Å²) in [7, 11) is 1.72. The first-order chi connectivity index (χ1) is 12.9. The SMILES string of the molecule is CCOCCN1C[C@]23C=C[C@H](O2)[C@@H](C(=O)N(C)Cc2cc(C)no2)[C@@H]3C1=O. The maximum atomic E-state index is 13.2. The van der Waals surface area contributed by atoms with Crippen LogP contribution in [0.5, 0.6) is 0 Å².